The van der Waals surface area contributed by atoms with Gasteiger partial charge in [0.1, 0.15) is 11.5 Å². The van der Waals surface area contributed by atoms with E-state index in [1.165, 1.54) is 18.2 Å². The Labute approximate surface area is 192 Å². The molecule has 0 saturated carbocycles. The Hall–Kier alpha value is -3.93. The van der Waals surface area contributed by atoms with Crippen molar-refractivity contribution >= 4 is 23.5 Å². The molecule has 0 fully saturated rings. The molecule has 4 rings (SSSR count). The van der Waals surface area contributed by atoms with E-state index in [1.54, 1.807) is 24.3 Å². The number of hydrogen-bond acceptors (Lipinski definition) is 5. The van der Waals surface area contributed by atoms with Crippen molar-refractivity contribution in [2.24, 2.45) is 0 Å². The highest BCUT2D eigenvalue weighted by molar-refractivity contribution is 6.34. The van der Waals surface area contributed by atoms with E-state index in [0.29, 0.717) is 23.8 Å². The Morgan fingerprint density at radius 2 is 1.48 bits per heavy atom. The maximum absolute atomic E-state index is 13.0. The third-order valence-corrected chi connectivity index (χ3v) is 5.43. The van der Waals surface area contributed by atoms with Gasteiger partial charge in [-0.2, -0.15) is 0 Å². The van der Waals surface area contributed by atoms with Gasteiger partial charge in [-0.15, -0.1) is 0 Å². The minimum absolute atomic E-state index is 0.199. The molecule has 1 aliphatic rings. The van der Waals surface area contributed by atoms with Crippen LogP contribution < -0.4 is 9.64 Å². The van der Waals surface area contributed by atoms with E-state index in [4.69, 9.17) is 9.47 Å². The molecule has 6 nitrogen and oxygen atoms in total. The van der Waals surface area contributed by atoms with Crippen LogP contribution in [0.1, 0.15) is 63.7 Å². The normalized spacial score (nSPS) is 12.6. The molecule has 0 aliphatic carbocycles. The van der Waals surface area contributed by atoms with Gasteiger partial charge in [0.05, 0.1) is 29.0 Å². The quantitative estimate of drug-likeness (QED) is 0.230. The van der Waals surface area contributed by atoms with Crippen molar-refractivity contribution in [2.75, 3.05) is 11.5 Å². The van der Waals surface area contributed by atoms with Gasteiger partial charge in [0, 0.05) is 0 Å². The van der Waals surface area contributed by atoms with Crippen molar-refractivity contribution < 1.29 is 23.9 Å². The number of carbonyl (C=O) groups is 3. The third kappa shape index (κ3) is 4.95. The average molecular weight is 443 g/mol. The number of imide groups is 1. The Bertz CT molecular complexity index is 1150. The van der Waals surface area contributed by atoms with Crippen LogP contribution in [0.4, 0.5) is 5.69 Å². The highest BCUT2D eigenvalue weighted by Crippen LogP contribution is 2.31. The van der Waals surface area contributed by atoms with Crippen LogP contribution in [0.15, 0.2) is 72.8 Å². The minimum Gasteiger partial charge on any atom is -0.462 e. The first-order chi connectivity index (χ1) is 16.1. The molecule has 3 aromatic rings. The lowest BCUT2D eigenvalue weighted by Crippen LogP contribution is -2.29. The fourth-order valence-corrected chi connectivity index (χ4v) is 3.67. The lowest BCUT2D eigenvalue weighted by Gasteiger charge is -2.14. The third-order valence-electron chi connectivity index (χ3n) is 5.43. The number of benzene rings is 3. The van der Waals surface area contributed by atoms with Crippen molar-refractivity contribution in [2.45, 2.75) is 32.6 Å². The van der Waals surface area contributed by atoms with Gasteiger partial charge in [0.25, 0.3) is 11.8 Å². The van der Waals surface area contributed by atoms with Gasteiger partial charge in [0.2, 0.25) is 0 Å². The van der Waals surface area contributed by atoms with Crippen molar-refractivity contribution in [1.82, 2.24) is 0 Å². The van der Waals surface area contributed by atoms with E-state index < -0.39 is 17.8 Å². The molecule has 2 amide bonds. The lowest BCUT2D eigenvalue weighted by atomic mass is 10.1. The number of nitrogens with zero attached hydrogens (tertiary/aromatic N) is 1. The van der Waals surface area contributed by atoms with E-state index in [2.05, 4.69) is 6.92 Å². The summed E-state index contributed by atoms with van der Waals surface area (Å²) in [5, 5.41) is 0. The zero-order chi connectivity index (χ0) is 23.2. The summed E-state index contributed by atoms with van der Waals surface area (Å²) in [6, 6.07) is 20.5. The summed E-state index contributed by atoms with van der Waals surface area (Å²) < 4.78 is 11.1. The Balaban J connectivity index is 1.45. The van der Waals surface area contributed by atoms with Crippen molar-refractivity contribution in [3.63, 3.8) is 0 Å². The summed E-state index contributed by atoms with van der Waals surface area (Å²) in [5.41, 5.74) is 1.16. The summed E-state index contributed by atoms with van der Waals surface area (Å²) in [6.45, 7) is 2.46. The number of unbranched alkanes of at least 4 members (excludes halogenated alkanes) is 3. The number of fused-ring (bicyclic) bond motifs is 1. The molecular weight excluding hydrogens is 418 g/mol. The van der Waals surface area contributed by atoms with Crippen LogP contribution in [0.3, 0.4) is 0 Å². The zero-order valence-electron chi connectivity index (χ0n) is 18.5. The van der Waals surface area contributed by atoms with Gasteiger partial charge in [-0.1, -0.05) is 44.4 Å². The zero-order valence-corrected chi connectivity index (χ0v) is 18.5. The number of amides is 2. The van der Waals surface area contributed by atoms with Crippen molar-refractivity contribution in [3.8, 4) is 11.5 Å². The number of rotatable bonds is 9. The molecule has 0 spiro atoms. The molecule has 0 N–H and O–H groups in total. The Morgan fingerprint density at radius 3 is 2.21 bits per heavy atom. The first-order valence-corrected chi connectivity index (χ1v) is 11.1. The van der Waals surface area contributed by atoms with E-state index in [1.807, 2.05) is 30.3 Å². The molecule has 1 aliphatic heterocycles. The van der Waals surface area contributed by atoms with Crippen LogP contribution in [-0.2, 0) is 4.74 Å². The van der Waals surface area contributed by atoms with Gasteiger partial charge in [0.15, 0.2) is 0 Å². The maximum atomic E-state index is 13.0. The van der Waals surface area contributed by atoms with Gasteiger partial charge in [-0.25, -0.2) is 9.69 Å². The van der Waals surface area contributed by atoms with E-state index in [-0.39, 0.29) is 16.7 Å². The topological polar surface area (TPSA) is 72.9 Å². The van der Waals surface area contributed by atoms with E-state index in [0.717, 1.165) is 30.6 Å². The number of esters is 1. The molecule has 6 heteroatoms. The highest BCUT2D eigenvalue weighted by atomic mass is 16.5. The molecule has 168 valence electrons. The first kappa shape index (κ1) is 22.3. The molecule has 3 aromatic carbocycles. The number of carbonyl (C=O) groups excluding carboxylic acids is 3. The number of ether oxygens (including phenoxy) is 2. The molecular formula is C27H25NO5. The molecule has 0 saturated heterocycles. The predicted molar refractivity (Wildman–Crippen MR) is 125 cm³/mol. The number of hydrogen-bond donors (Lipinski definition) is 0. The van der Waals surface area contributed by atoms with Crippen LogP contribution in [0.5, 0.6) is 11.5 Å². The lowest BCUT2D eigenvalue weighted by molar-refractivity contribution is 0.0497. The van der Waals surface area contributed by atoms with E-state index in [9.17, 15) is 14.4 Å². The molecule has 0 bridgehead atoms. The second-order valence-corrected chi connectivity index (χ2v) is 7.81. The van der Waals surface area contributed by atoms with Gasteiger partial charge < -0.3 is 9.47 Å². The maximum Gasteiger partial charge on any atom is 0.338 e. The van der Waals surface area contributed by atoms with Crippen molar-refractivity contribution in [3.05, 3.63) is 89.5 Å². The fraction of sp³-hybridized carbons (Fsp3) is 0.222. The van der Waals surface area contributed by atoms with E-state index >= 15 is 0 Å². The molecule has 33 heavy (non-hydrogen) atoms. The fourth-order valence-electron chi connectivity index (χ4n) is 3.67. The summed E-state index contributed by atoms with van der Waals surface area (Å²) >= 11 is 0. The smallest absolute Gasteiger partial charge is 0.338 e. The first-order valence-electron chi connectivity index (χ1n) is 11.1. The number of anilines is 1. The highest BCUT2D eigenvalue weighted by Gasteiger charge is 2.37. The number of para-hydroxylation sites is 1. The van der Waals surface area contributed by atoms with Crippen LogP contribution in [0.2, 0.25) is 0 Å². The van der Waals surface area contributed by atoms with Gasteiger partial charge in [-0.05, 0) is 61.0 Å². The monoisotopic (exact) mass is 443 g/mol. The average Bonchev–Trinajstić information content (AvgIpc) is 3.09. The SMILES string of the molecule is CCCCCCOC(=O)c1ccc2c(c1)C(=O)N(c1ccc(Oc3ccccc3)cc1)C2=O. The standard InChI is InChI=1S/C27H25NO5/c1-2-3-4-8-17-32-27(31)19-11-16-23-24(18-19)26(30)28(25(23)29)20-12-14-22(15-13-20)33-21-9-6-5-7-10-21/h5-7,9-16,18H,2-4,8,17H2,1H3. The summed E-state index contributed by atoms with van der Waals surface area (Å²) in [4.78, 5) is 39.4. The molecule has 1 heterocycles. The van der Waals surface area contributed by atoms with Crippen molar-refractivity contribution in [1.29, 1.82) is 0 Å². The van der Waals surface area contributed by atoms with Crippen LogP contribution in [0.25, 0.3) is 0 Å². The Morgan fingerprint density at radius 1 is 0.788 bits per heavy atom. The summed E-state index contributed by atoms with van der Waals surface area (Å²) in [6.07, 6.45) is 4.02. The predicted octanol–water partition coefficient (Wildman–Crippen LogP) is 6.02. The largest absolute Gasteiger partial charge is 0.462 e. The Kier molecular flexibility index (Phi) is 6.83. The van der Waals surface area contributed by atoms with Crippen LogP contribution in [-0.4, -0.2) is 24.4 Å². The van der Waals surface area contributed by atoms with Gasteiger partial charge in [-0.3, -0.25) is 9.59 Å². The second-order valence-electron chi connectivity index (χ2n) is 7.81. The summed E-state index contributed by atoms with van der Waals surface area (Å²) in [5.74, 6) is -0.104. The summed E-state index contributed by atoms with van der Waals surface area (Å²) in [7, 11) is 0. The minimum atomic E-state index is -0.490. The van der Waals surface area contributed by atoms with Gasteiger partial charge >= 0.3 is 5.97 Å². The molecule has 0 unspecified atom stereocenters. The molecule has 0 atom stereocenters. The van der Waals surface area contributed by atoms with Crippen LogP contribution in [0, 0.1) is 0 Å². The second kappa shape index (κ2) is 10.1. The molecule has 0 aromatic heterocycles. The van der Waals surface area contributed by atoms with Crippen LogP contribution >= 0.6 is 0 Å². The molecule has 0 radical (unpaired) electrons.